The van der Waals surface area contributed by atoms with E-state index >= 15 is 0 Å². The molecule has 1 amide bonds. The fourth-order valence-electron chi connectivity index (χ4n) is 7.10. The number of hydrogen-bond acceptors (Lipinski definition) is 2. The van der Waals surface area contributed by atoms with Crippen LogP contribution in [-0.2, 0) is 10.2 Å². The maximum atomic E-state index is 13.7. The summed E-state index contributed by atoms with van der Waals surface area (Å²) in [7, 11) is 0. The van der Waals surface area contributed by atoms with E-state index in [1.54, 1.807) is 0 Å². The minimum atomic E-state index is -0.276. The van der Waals surface area contributed by atoms with Crippen LogP contribution in [0.3, 0.4) is 0 Å². The molecule has 0 aromatic heterocycles. The standard InChI is InChI=1S/C26H40N2O/c1-5-23(2)15-20-16-24(3,22(29)28-25(4)11-13-27-14-12-25)19-26(17-20,18-23)21-9-7-6-8-10-21/h6-10,20,27H,5,11-19H2,1-4H3,(H,28,29). The van der Waals surface area contributed by atoms with E-state index in [9.17, 15) is 4.79 Å². The number of fused-ring (bicyclic) bond motifs is 2. The monoisotopic (exact) mass is 396 g/mol. The van der Waals surface area contributed by atoms with Crippen molar-refractivity contribution in [3.63, 3.8) is 0 Å². The molecule has 1 aromatic carbocycles. The Morgan fingerprint density at radius 1 is 1.03 bits per heavy atom. The Morgan fingerprint density at radius 2 is 1.72 bits per heavy atom. The number of piperidine rings is 1. The molecule has 160 valence electrons. The van der Waals surface area contributed by atoms with Gasteiger partial charge in [-0.2, -0.15) is 0 Å². The minimum Gasteiger partial charge on any atom is -0.350 e. The zero-order valence-corrected chi connectivity index (χ0v) is 18.9. The van der Waals surface area contributed by atoms with Crippen LogP contribution < -0.4 is 10.6 Å². The van der Waals surface area contributed by atoms with Gasteiger partial charge >= 0.3 is 0 Å². The lowest BCUT2D eigenvalue weighted by Crippen LogP contribution is -2.59. The smallest absolute Gasteiger partial charge is 0.226 e. The molecular weight excluding hydrogens is 356 g/mol. The highest BCUT2D eigenvalue weighted by Crippen LogP contribution is 2.62. The summed E-state index contributed by atoms with van der Waals surface area (Å²) in [6.07, 6.45) is 9.02. The lowest BCUT2D eigenvalue weighted by atomic mass is 9.47. The summed E-state index contributed by atoms with van der Waals surface area (Å²) in [5.41, 5.74) is 1.64. The van der Waals surface area contributed by atoms with E-state index in [0.29, 0.717) is 17.2 Å². The molecule has 1 heterocycles. The Kier molecular flexibility index (Phi) is 5.34. The highest BCUT2D eigenvalue weighted by Gasteiger charge is 2.56. The van der Waals surface area contributed by atoms with Crippen LogP contribution in [0.15, 0.2) is 30.3 Å². The first kappa shape index (κ1) is 20.9. The van der Waals surface area contributed by atoms with Crippen LogP contribution in [0.5, 0.6) is 0 Å². The number of carbonyl (C=O) groups is 1. The van der Waals surface area contributed by atoms with Crippen molar-refractivity contribution < 1.29 is 4.79 Å². The zero-order valence-electron chi connectivity index (χ0n) is 18.9. The Bertz CT molecular complexity index is 740. The number of amides is 1. The second-order valence-electron chi connectivity index (χ2n) is 11.5. The number of hydrogen-bond donors (Lipinski definition) is 2. The summed E-state index contributed by atoms with van der Waals surface area (Å²) in [4.78, 5) is 13.7. The van der Waals surface area contributed by atoms with Gasteiger partial charge in [-0.25, -0.2) is 0 Å². The van der Waals surface area contributed by atoms with Gasteiger partial charge in [0, 0.05) is 11.0 Å². The van der Waals surface area contributed by atoms with Crippen LogP contribution in [0.4, 0.5) is 0 Å². The fraction of sp³-hybridized carbons (Fsp3) is 0.731. The van der Waals surface area contributed by atoms with E-state index < -0.39 is 0 Å². The molecule has 4 rings (SSSR count). The van der Waals surface area contributed by atoms with Crippen LogP contribution in [0, 0.1) is 16.7 Å². The molecule has 2 saturated carbocycles. The lowest BCUT2D eigenvalue weighted by molar-refractivity contribution is -0.140. The first-order valence-corrected chi connectivity index (χ1v) is 11.8. The molecule has 1 aromatic rings. The maximum Gasteiger partial charge on any atom is 0.226 e. The van der Waals surface area contributed by atoms with Crippen LogP contribution >= 0.6 is 0 Å². The second-order valence-corrected chi connectivity index (χ2v) is 11.5. The van der Waals surface area contributed by atoms with Gasteiger partial charge in [-0.05, 0) is 87.3 Å². The third-order valence-electron chi connectivity index (χ3n) is 8.60. The van der Waals surface area contributed by atoms with Crippen molar-refractivity contribution in [2.45, 2.75) is 90.0 Å². The van der Waals surface area contributed by atoms with Crippen LogP contribution in [-0.4, -0.2) is 24.5 Å². The molecule has 0 radical (unpaired) electrons. The number of carbonyl (C=O) groups excluding carboxylic acids is 1. The summed E-state index contributed by atoms with van der Waals surface area (Å²) in [5, 5.41) is 6.95. The van der Waals surface area contributed by atoms with Gasteiger partial charge in [0.05, 0.1) is 0 Å². The van der Waals surface area contributed by atoms with E-state index in [4.69, 9.17) is 0 Å². The molecule has 2 bridgehead atoms. The van der Waals surface area contributed by atoms with Crippen LogP contribution in [0.2, 0.25) is 0 Å². The molecule has 2 aliphatic carbocycles. The summed E-state index contributed by atoms with van der Waals surface area (Å²) in [6, 6.07) is 11.1. The number of nitrogens with one attached hydrogen (secondary N) is 2. The van der Waals surface area contributed by atoms with E-state index in [-0.39, 0.29) is 16.4 Å². The molecule has 1 saturated heterocycles. The van der Waals surface area contributed by atoms with Crippen molar-refractivity contribution in [3.05, 3.63) is 35.9 Å². The quantitative estimate of drug-likeness (QED) is 0.734. The van der Waals surface area contributed by atoms with Gasteiger partial charge in [0.25, 0.3) is 0 Å². The van der Waals surface area contributed by atoms with Gasteiger partial charge in [0.1, 0.15) is 0 Å². The van der Waals surface area contributed by atoms with Crippen molar-refractivity contribution >= 4 is 5.91 Å². The van der Waals surface area contributed by atoms with Gasteiger partial charge in [-0.15, -0.1) is 0 Å². The average Bonchev–Trinajstić information content (AvgIpc) is 2.68. The third-order valence-corrected chi connectivity index (χ3v) is 8.60. The van der Waals surface area contributed by atoms with Crippen molar-refractivity contribution in [2.24, 2.45) is 16.7 Å². The van der Waals surface area contributed by atoms with Gasteiger partial charge < -0.3 is 10.6 Å². The Hall–Kier alpha value is -1.35. The minimum absolute atomic E-state index is 0.0598. The van der Waals surface area contributed by atoms with Gasteiger partial charge in [-0.1, -0.05) is 57.5 Å². The lowest BCUT2D eigenvalue weighted by Gasteiger charge is -2.58. The number of rotatable bonds is 4. The van der Waals surface area contributed by atoms with Crippen LogP contribution in [0.1, 0.15) is 84.6 Å². The molecule has 4 unspecified atom stereocenters. The largest absolute Gasteiger partial charge is 0.350 e. The number of benzene rings is 1. The molecule has 3 aliphatic rings. The van der Waals surface area contributed by atoms with E-state index in [1.807, 2.05) is 0 Å². The topological polar surface area (TPSA) is 41.1 Å². The molecule has 2 N–H and O–H groups in total. The van der Waals surface area contributed by atoms with E-state index in [2.05, 4.69) is 68.7 Å². The molecule has 0 spiro atoms. The molecule has 3 fully saturated rings. The SMILES string of the molecule is CCC1(C)CC2CC(C)(C(=O)NC3(C)CCNCC3)CC(c3ccccc3)(C2)C1. The fourth-order valence-corrected chi connectivity index (χ4v) is 7.10. The summed E-state index contributed by atoms with van der Waals surface area (Å²) < 4.78 is 0. The first-order valence-electron chi connectivity index (χ1n) is 11.8. The van der Waals surface area contributed by atoms with Crippen molar-refractivity contribution in [2.75, 3.05) is 13.1 Å². The van der Waals surface area contributed by atoms with Crippen molar-refractivity contribution in [1.82, 2.24) is 10.6 Å². The van der Waals surface area contributed by atoms with Crippen molar-refractivity contribution in [1.29, 1.82) is 0 Å². The molecule has 29 heavy (non-hydrogen) atoms. The van der Waals surface area contributed by atoms with Gasteiger partial charge in [0.15, 0.2) is 0 Å². The molecule has 3 nitrogen and oxygen atoms in total. The molecule has 3 heteroatoms. The Labute approximate surface area is 177 Å². The molecule has 1 aliphatic heterocycles. The van der Waals surface area contributed by atoms with E-state index in [1.165, 1.54) is 31.2 Å². The Balaban J connectivity index is 1.64. The predicted octanol–water partition coefficient (Wildman–Crippen LogP) is 5.20. The summed E-state index contributed by atoms with van der Waals surface area (Å²) >= 11 is 0. The van der Waals surface area contributed by atoms with Crippen molar-refractivity contribution in [3.8, 4) is 0 Å². The van der Waals surface area contributed by atoms with E-state index in [0.717, 1.165) is 38.8 Å². The zero-order chi connectivity index (χ0) is 20.8. The van der Waals surface area contributed by atoms with Crippen LogP contribution in [0.25, 0.3) is 0 Å². The summed E-state index contributed by atoms with van der Waals surface area (Å²) in [6.45, 7) is 11.3. The average molecular weight is 397 g/mol. The Morgan fingerprint density at radius 3 is 2.38 bits per heavy atom. The maximum absolute atomic E-state index is 13.7. The third kappa shape index (κ3) is 4.00. The van der Waals surface area contributed by atoms with Gasteiger partial charge in [-0.3, -0.25) is 4.79 Å². The predicted molar refractivity (Wildman–Crippen MR) is 120 cm³/mol. The highest BCUT2D eigenvalue weighted by atomic mass is 16.2. The molecule has 4 atom stereocenters. The molecular formula is C26H40N2O. The normalized spacial score (nSPS) is 39.0. The van der Waals surface area contributed by atoms with Gasteiger partial charge in [0.2, 0.25) is 5.91 Å². The second kappa shape index (κ2) is 7.41. The highest BCUT2D eigenvalue weighted by molar-refractivity contribution is 5.83. The summed E-state index contributed by atoms with van der Waals surface area (Å²) in [5.74, 6) is 0.936. The first-order chi connectivity index (χ1) is 13.7.